The third kappa shape index (κ3) is 3.58. The summed E-state index contributed by atoms with van der Waals surface area (Å²) in [6.45, 7) is 1.68. The second-order valence-electron chi connectivity index (χ2n) is 6.10. The van der Waals surface area contributed by atoms with Crippen molar-refractivity contribution in [2.24, 2.45) is 7.05 Å². The molecule has 0 spiro atoms. The fraction of sp³-hybridized carbons (Fsp3) is 0.211. The molecule has 2 N–H and O–H groups in total. The molecule has 1 aromatic heterocycles. The minimum absolute atomic E-state index is 0.192. The first-order chi connectivity index (χ1) is 12.3. The highest BCUT2D eigenvalue weighted by Crippen LogP contribution is 2.35. The van der Waals surface area contributed by atoms with E-state index in [0.29, 0.717) is 15.7 Å². The first-order valence-electron chi connectivity index (χ1n) is 7.94. The van der Waals surface area contributed by atoms with Gasteiger partial charge < -0.3 is 15.0 Å². The SMILES string of the molecule is Cc1cc2c(cc(C(=O)N[C@H](CO)c3ccc(I)cc3)n2C)c(Cl)c1Cl. The Morgan fingerprint density at radius 3 is 2.50 bits per heavy atom. The van der Waals surface area contributed by atoms with Gasteiger partial charge in [-0.1, -0.05) is 35.3 Å². The predicted molar refractivity (Wildman–Crippen MR) is 114 cm³/mol. The van der Waals surface area contributed by atoms with Gasteiger partial charge in [0.2, 0.25) is 0 Å². The summed E-state index contributed by atoms with van der Waals surface area (Å²) in [5.74, 6) is -0.286. The average molecular weight is 503 g/mol. The van der Waals surface area contributed by atoms with E-state index in [1.807, 2.05) is 37.3 Å². The van der Waals surface area contributed by atoms with Gasteiger partial charge in [-0.15, -0.1) is 0 Å². The number of halogens is 3. The third-order valence-corrected chi connectivity index (χ3v) is 6.10. The lowest BCUT2D eigenvalue weighted by molar-refractivity contribution is 0.0908. The number of aryl methyl sites for hydroxylation is 2. The molecule has 0 aliphatic heterocycles. The molecule has 3 rings (SSSR count). The van der Waals surface area contributed by atoms with Crippen LogP contribution in [0.25, 0.3) is 10.9 Å². The molecule has 1 heterocycles. The standard InChI is InChI=1S/C19H17Cl2IN2O2/c1-10-7-15-13(18(21)17(10)20)8-16(24(15)2)19(26)23-14(9-25)11-3-5-12(22)6-4-11/h3-8,14,25H,9H2,1-2H3,(H,23,26)/t14-/m1/s1. The lowest BCUT2D eigenvalue weighted by Crippen LogP contribution is -2.31. The summed E-state index contributed by atoms with van der Waals surface area (Å²) in [4.78, 5) is 12.8. The molecule has 0 bridgehead atoms. The molecule has 3 aromatic rings. The number of hydrogen-bond acceptors (Lipinski definition) is 2. The Labute approximate surface area is 175 Å². The summed E-state index contributed by atoms with van der Waals surface area (Å²) in [5.41, 5.74) is 2.98. The van der Waals surface area contributed by atoms with Crippen molar-refractivity contribution >= 4 is 62.6 Å². The molecular weight excluding hydrogens is 486 g/mol. The smallest absolute Gasteiger partial charge is 0.268 e. The van der Waals surface area contributed by atoms with Crippen LogP contribution in [-0.4, -0.2) is 22.2 Å². The van der Waals surface area contributed by atoms with E-state index in [4.69, 9.17) is 23.2 Å². The van der Waals surface area contributed by atoms with E-state index in [1.54, 1.807) is 17.7 Å². The van der Waals surface area contributed by atoms with Crippen LogP contribution in [0.1, 0.15) is 27.7 Å². The van der Waals surface area contributed by atoms with Gasteiger partial charge in [-0.3, -0.25) is 4.79 Å². The zero-order chi connectivity index (χ0) is 19.0. The molecule has 1 atom stereocenters. The van der Waals surface area contributed by atoms with Crippen molar-refractivity contribution in [3.63, 3.8) is 0 Å². The number of benzene rings is 2. The maximum atomic E-state index is 12.8. The van der Waals surface area contributed by atoms with E-state index in [9.17, 15) is 9.90 Å². The first kappa shape index (κ1) is 19.5. The number of nitrogens with zero attached hydrogens (tertiary/aromatic N) is 1. The van der Waals surface area contributed by atoms with Crippen molar-refractivity contribution in [2.45, 2.75) is 13.0 Å². The number of carbonyl (C=O) groups excluding carboxylic acids is 1. The average Bonchev–Trinajstić information content (AvgIpc) is 2.95. The van der Waals surface area contributed by atoms with E-state index in [2.05, 4.69) is 27.9 Å². The zero-order valence-electron chi connectivity index (χ0n) is 14.2. The monoisotopic (exact) mass is 502 g/mol. The van der Waals surface area contributed by atoms with Crippen LogP contribution in [-0.2, 0) is 7.05 Å². The fourth-order valence-corrected chi connectivity index (χ4v) is 3.72. The highest BCUT2D eigenvalue weighted by molar-refractivity contribution is 14.1. The van der Waals surface area contributed by atoms with Crippen LogP contribution in [0.15, 0.2) is 36.4 Å². The van der Waals surface area contributed by atoms with E-state index >= 15 is 0 Å². The number of aromatic nitrogens is 1. The quantitative estimate of drug-likeness (QED) is 0.500. The molecule has 0 radical (unpaired) electrons. The lowest BCUT2D eigenvalue weighted by atomic mass is 10.1. The Balaban J connectivity index is 1.95. The van der Waals surface area contributed by atoms with Gasteiger partial charge in [0.05, 0.1) is 28.2 Å². The summed E-state index contributed by atoms with van der Waals surface area (Å²) >= 11 is 14.8. The van der Waals surface area contributed by atoms with Crippen LogP contribution in [0, 0.1) is 10.5 Å². The summed E-state index contributed by atoms with van der Waals surface area (Å²) in [5, 5.41) is 14.2. The van der Waals surface area contributed by atoms with Gasteiger partial charge in [0.1, 0.15) is 5.69 Å². The number of aliphatic hydroxyl groups is 1. The van der Waals surface area contributed by atoms with E-state index < -0.39 is 6.04 Å². The van der Waals surface area contributed by atoms with Gasteiger partial charge in [0, 0.05) is 16.0 Å². The Bertz CT molecular complexity index is 984. The van der Waals surface area contributed by atoms with Gasteiger partial charge in [-0.25, -0.2) is 0 Å². The fourth-order valence-electron chi connectivity index (χ4n) is 2.91. The molecule has 7 heteroatoms. The predicted octanol–water partition coefficient (Wildman–Crippen LogP) is 4.86. The Hall–Kier alpha value is -1.28. The molecule has 0 fully saturated rings. The van der Waals surface area contributed by atoms with Crippen molar-refractivity contribution in [3.8, 4) is 0 Å². The van der Waals surface area contributed by atoms with Crippen LogP contribution in [0.4, 0.5) is 0 Å². The topological polar surface area (TPSA) is 54.3 Å². The maximum Gasteiger partial charge on any atom is 0.268 e. The van der Waals surface area contributed by atoms with Crippen molar-refractivity contribution in [1.29, 1.82) is 0 Å². The summed E-state index contributed by atoms with van der Waals surface area (Å²) in [7, 11) is 1.81. The van der Waals surface area contributed by atoms with Gasteiger partial charge in [0.25, 0.3) is 5.91 Å². The molecule has 0 aliphatic carbocycles. The van der Waals surface area contributed by atoms with Gasteiger partial charge in [0.15, 0.2) is 0 Å². The van der Waals surface area contributed by atoms with Crippen LogP contribution >= 0.6 is 45.8 Å². The number of aliphatic hydroxyl groups excluding tert-OH is 1. The first-order valence-corrected chi connectivity index (χ1v) is 9.78. The molecular formula is C19H17Cl2IN2O2. The largest absolute Gasteiger partial charge is 0.394 e. The second-order valence-corrected chi connectivity index (χ2v) is 8.10. The Morgan fingerprint density at radius 2 is 1.88 bits per heavy atom. The van der Waals surface area contributed by atoms with Crippen LogP contribution in [0.3, 0.4) is 0 Å². The number of nitrogens with one attached hydrogen (secondary N) is 1. The van der Waals surface area contributed by atoms with Crippen LogP contribution in [0.5, 0.6) is 0 Å². The Kier molecular flexibility index (Phi) is 5.81. The third-order valence-electron chi connectivity index (χ3n) is 4.40. The summed E-state index contributed by atoms with van der Waals surface area (Å²) in [6, 6.07) is 10.8. The summed E-state index contributed by atoms with van der Waals surface area (Å²) < 4.78 is 2.87. The second kappa shape index (κ2) is 7.76. The van der Waals surface area contributed by atoms with E-state index in [-0.39, 0.29) is 12.5 Å². The lowest BCUT2D eigenvalue weighted by Gasteiger charge is -2.17. The van der Waals surface area contributed by atoms with Crippen molar-refractivity contribution in [1.82, 2.24) is 9.88 Å². The minimum Gasteiger partial charge on any atom is -0.394 e. The number of rotatable bonds is 4. The molecule has 136 valence electrons. The minimum atomic E-state index is -0.488. The molecule has 0 aliphatic rings. The maximum absolute atomic E-state index is 12.8. The zero-order valence-corrected chi connectivity index (χ0v) is 17.9. The highest BCUT2D eigenvalue weighted by Gasteiger charge is 2.20. The number of carbonyl (C=O) groups is 1. The summed E-state index contributed by atoms with van der Waals surface area (Å²) in [6.07, 6.45) is 0. The molecule has 4 nitrogen and oxygen atoms in total. The van der Waals surface area contributed by atoms with Gasteiger partial charge in [-0.2, -0.15) is 0 Å². The van der Waals surface area contributed by atoms with Crippen molar-refractivity contribution < 1.29 is 9.90 Å². The van der Waals surface area contributed by atoms with Crippen LogP contribution < -0.4 is 5.32 Å². The number of amides is 1. The van der Waals surface area contributed by atoms with Gasteiger partial charge >= 0.3 is 0 Å². The van der Waals surface area contributed by atoms with Gasteiger partial charge in [-0.05, 0) is 64.9 Å². The van der Waals surface area contributed by atoms with Crippen LogP contribution in [0.2, 0.25) is 10.0 Å². The van der Waals surface area contributed by atoms with Crippen molar-refractivity contribution in [2.75, 3.05) is 6.61 Å². The number of hydrogen-bond donors (Lipinski definition) is 2. The molecule has 2 aromatic carbocycles. The normalized spacial score (nSPS) is 12.4. The molecule has 0 saturated heterocycles. The molecule has 26 heavy (non-hydrogen) atoms. The number of fused-ring (bicyclic) bond motifs is 1. The van der Waals surface area contributed by atoms with E-state index in [1.165, 1.54) is 0 Å². The van der Waals surface area contributed by atoms with Crippen molar-refractivity contribution in [3.05, 3.63) is 66.8 Å². The molecule has 0 unspecified atom stereocenters. The highest BCUT2D eigenvalue weighted by atomic mass is 127. The van der Waals surface area contributed by atoms with E-state index in [0.717, 1.165) is 25.6 Å². The molecule has 0 saturated carbocycles. The molecule has 1 amide bonds. The Morgan fingerprint density at radius 1 is 1.23 bits per heavy atom.